The fourth-order valence-corrected chi connectivity index (χ4v) is 1.01. The predicted octanol–water partition coefficient (Wildman–Crippen LogP) is 0.348. The standard InChI is InChI=1S/C9H22N2O/c1-2-3-4-5-10-6-7-11-8-9-12/h10-12H,2-9H2,1H3. The summed E-state index contributed by atoms with van der Waals surface area (Å²) in [7, 11) is 0. The van der Waals surface area contributed by atoms with E-state index >= 15 is 0 Å². The molecular weight excluding hydrogens is 152 g/mol. The maximum atomic E-state index is 8.46. The predicted molar refractivity (Wildman–Crippen MR) is 52.4 cm³/mol. The third kappa shape index (κ3) is 9.88. The molecule has 0 fully saturated rings. The summed E-state index contributed by atoms with van der Waals surface area (Å²) in [4.78, 5) is 0. The molecule has 3 N–H and O–H groups in total. The number of rotatable bonds is 9. The smallest absolute Gasteiger partial charge is 0.0555 e. The highest BCUT2D eigenvalue weighted by Gasteiger charge is 1.87. The molecule has 0 aromatic rings. The fourth-order valence-electron chi connectivity index (χ4n) is 1.01. The minimum Gasteiger partial charge on any atom is -0.395 e. The maximum absolute atomic E-state index is 8.46. The lowest BCUT2D eigenvalue weighted by atomic mass is 10.2. The Kier molecular flexibility index (Phi) is 10.8. The van der Waals surface area contributed by atoms with Crippen molar-refractivity contribution in [2.24, 2.45) is 0 Å². The second kappa shape index (κ2) is 10.9. The van der Waals surface area contributed by atoms with Gasteiger partial charge in [-0.25, -0.2) is 0 Å². The number of aliphatic hydroxyl groups excluding tert-OH is 1. The van der Waals surface area contributed by atoms with Crippen LogP contribution in [0, 0.1) is 0 Å². The first-order valence-corrected chi connectivity index (χ1v) is 4.94. The molecule has 0 aromatic carbocycles. The highest BCUT2D eigenvalue weighted by Crippen LogP contribution is 1.90. The van der Waals surface area contributed by atoms with Crippen LogP contribution in [0.3, 0.4) is 0 Å². The molecular formula is C9H22N2O. The minimum absolute atomic E-state index is 0.232. The second-order valence-electron chi connectivity index (χ2n) is 2.93. The SMILES string of the molecule is CCCCCNCCNCCO. The summed E-state index contributed by atoms with van der Waals surface area (Å²) in [6, 6.07) is 0. The van der Waals surface area contributed by atoms with Crippen molar-refractivity contribution < 1.29 is 5.11 Å². The topological polar surface area (TPSA) is 44.3 Å². The van der Waals surface area contributed by atoms with Gasteiger partial charge in [0.25, 0.3) is 0 Å². The molecule has 0 aromatic heterocycles. The van der Waals surface area contributed by atoms with Gasteiger partial charge in [0.2, 0.25) is 0 Å². The van der Waals surface area contributed by atoms with E-state index in [-0.39, 0.29) is 6.61 Å². The molecule has 0 saturated heterocycles. The van der Waals surface area contributed by atoms with E-state index in [2.05, 4.69) is 17.6 Å². The molecule has 0 saturated carbocycles. The van der Waals surface area contributed by atoms with Gasteiger partial charge in [0.1, 0.15) is 0 Å². The number of hydrogen-bond donors (Lipinski definition) is 3. The summed E-state index contributed by atoms with van der Waals surface area (Å²) in [5, 5.41) is 14.9. The molecule has 0 radical (unpaired) electrons. The number of aliphatic hydroxyl groups is 1. The van der Waals surface area contributed by atoms with Crippen molar-refractivity contribution in [3.8, 4) is 0 Å². The van der Waals surface area contributed by atoms with Crippen LogP contribution >= 0.6 is 0 Å². The van der Waals surface area contributed by atoms with Crippen LogP contribution in [0.4, 0.5) is 0 Å². The van der Waals surface area contributed by atoms with Crippen LogP contribution in [0.25, 0.3) is 0 Å². The van der Waals surface area contributed by atoms with Crippen molar-refractivity contribution in [1.29, 1.82) is 0 Å². The largest absolute Gasteiger partial charge is 0.395 e. The number of hydrogen-bond acceptors (Lipinski definition) is 3. The molecule has 3 heteroatoms. The van der Waals surface area contributed by atoms with Crippen molar-refractivity contribution in [3.63, 3.8) is 0 Å². The van der Waals surface area contributed by atoms with Crippen LogP contribution in [-0.2, 0) is 0 Å². The molecule has 12 heavy (non-hydrogen) atoms. The zero-order valence-electron chi connectivity index (χ0n) is 8.10. The van der Waals surface area contributed by atoms with Gasteiger partial charge in [-0.15, -0.1) is 0 Å². The van der Waals surface area contributed by atoms with E-state index in [1.807, 2.05) is 0 Å². The quantitative estimate of drug-likeness (QED) is 0.442. The summed E-state index contributed by atoms with van der Waals surface area (Å²) in [6.45, 7) is 6.22. The molecule has 0 amide bonds. The van der Waals surface area contributed by atoms with Crippen molar-refractivity contribution in [3.05, 3.63) is 0 Å². The first kappa shape index (κ1) is 11.9. The summed E-state index contributed by atoms with van der Waals surface area (Å²) >= 11 is 0. The number of nitrogens with one attached hydrogen (secondary N) is 2. The Morgan fingerprint density at radius 3 is 2.17 bits per heavy atom. The van der Waals surface area contributed by atoms with Crippen molar-refractivity contribution >= 4 is 0 Å². The Bertz CT molecular complexity index is 68.9. The Hall–Kier alpha value is -0.120. The molecule has 0 aliphatic rings. The molecule has 3 nitrogen and oxygen atoms in total. The van der Waals surface area contributed by atoms with Crippen LogP contribution in [0.2, 0.25) is 0 Å². The lowest BCUT2D eigenvalue weighted by Gasteiger charge is -2.04. The summed E-state index contributed by atoms with van der Waals surface area (Å²) in [5.41, 5.74) is 0. The molecule has 0 heterocycles. The van der Waals surface area contributed by atoms with Gasteiger partial charge in [-0.1, -0.05) is 19.8 Å². The Labute approximate surface area is 75.6 Å². The van der Waals surface area contributed by atoms with Crippen LogP contribution in [-0.4, -0.2) is 37.9 Å². The van der Waals surface area contributed by atoms with Gasteiger partial charge < -0.3 is 15.7 Å². The lowest BCUT2D eigenvalue weighted by molar-refractivity contribution is 0.292. The van der Waals surface area contributed by atoms with Gasteiger partial charge in [-0.2, -0.15) is 0 Å². The maximum Gasteiger partial charge on any atom is 0.0555 e. The summed E-state index contributed by atoms with van der Waals surface area (Å²) in [6.07, 6.45) is 3.87. The molecule has 0 rings (SSSR count). The Morgan fingerprint density at radius 1 is 0.917 bits per heavy atom. The monoisotopic (exact) mass is 174 g/mol. The summed E-state index contributed by atoms with van der Waals surface area (Å²) < 4.78 is 0. The second-order valence-corrected chi connectivity index (χ2v) is 2.93. The van der Waals surface area contributed by atoms with E-state index in [0.717, 1.165) is 19.6 Å². The van der Waals surface area contributed by atoms with Gasteiger partial charge in [0, 0.05) is 19.6 Å². The highest BCUT2D eigenvalue weighted by atomic mass is 16.3. The average molecular weight is 174 g/mol. The van der Waals surface area contributed by atoms with Crippen LogP contribution < -0.4 is 10.6 Å². The molecule has 74 valence electrons. The van der Waals surface area contributed by atoms with Crippen LogP contribution in [0.5, 0.6) is 0 Å². The van der Waals surface area contributed by atoms with Crippen LogP contribution in [0.15, 0.2) is 0 Å². The fraction of sp³-hybridized carbons (Fsp3) is 1.00. The van der Waals surface area contributed by atoms with E-state index in [9.17, 15) is 0 Å². The average Bonchev–Trinajstić information content (AvgIpc) is 2.10. The van der Waals surface area contributed by atoms with Gasteiger partial charge in [0.05, 0.1) is 6.61 Å². The normalized spacial score (nSPS) is 10.5. The van der Waals surface area contributed by atoms with Gasteiger partial charge in [-0.3, -0.25) is 0 Å². The van der Waals surface area contributed by atoms with Gasteiger partial charge in [-0.05, 0) is 13.0 Å². The van der Waals surface area contributed by atoms with Crippen molar-refractivity contribution in [2.75, 3.05) is 32.8 Å². The molecule has 0 unspecified atom stereocenters. The third-order valence-corrected chi connectivity index (χ3v) is 1.72. The van der Waals surface area contributed by atoms with Gasteiger partial charge in [0.15, 0.2) is 0 Å². The zero-order chi connectivity index (χ0) is 9.07. The van der Waals surface area contributed by atoms with E-state index in [0.29, 0.717) is 6.54 Å². The molecule has 0 aliphatic heterocycles. The first-order chi connectivity index (χ1) is 5.91. The Morgan fingerprint density at radius 2 is 1.58 bits per heavy atom. The van der Waals surface area contributed by atoms with Crippen molar-refractivity contribution in [2.45, 2.75) is 26.2 Å². The Balaban J connectivity index is 2.73. The lowest BCUT2D eigenvalue weighted by Crippen LogP contribution is -2.29. The van der Waals surface area contributed by atoms with E-state index in [1.165, 1.54) is 19.3 Å². The van der Waals surface area contributed by atoms with E-state index in [4.69, 9.17) is 5.11 Å². The van der Waals surface area contributed by atoms with E-state index in [1.54, 1.807) is 0 Å². The molecule has 0 spiro atoms. The number of unbranched alkanes of at least 4 members (excludes halogenated alkanes) is 2. The van der Waals surface area contributed by atoms with E-state index < -0.39 is 0 Å². The summed E-state index contributed by atoms with van der Waals surface area (Å²) in [5.74, 6) is 0. The third-order valence-electron chi connectivity index (χ3n) is 1.72. The molecule has 0 atom stereocenters. The first-order valence-electron chi connectivity index (χ1n) is 4.94. The van der Waals surface area contributed by atoms with Crippen molar-refractivity contribution in [1.82, 2.24) is 10.6 Å². The minimum atomic E-state index is 0.232. The molecule has 0 aliphatic carbocycles. The molecule has 0 bridgehead atoms. The zero-order valence-corrected chi connectivity index (χ0v) is 8.10. The highest BCUT2D eigenvalue weighted by molar-refractivity contribution is 4.51. The van der Waals surface area contributed by atoms with Crippen LogP contribution in [0.1, 0.15) is 26.2 Å². The van der Waals surface area contributed by atoms with Gasteiger partial charge >= 0.3 is 0 Å².